The Kier molecular flexibility index (Phi) is 6.75. The summed E-state index contributed by atoms with van der Waals surface area (Å²) in [5.74, 6) is -0.977. The average molecular weight is 464 g/mol. The lowest BCUT2D eigenvalue weighted by Crippen LogP contribution is -2.42. The van der Waals surface area contributed by atoms with Gasteiger partial charge in [-0.2, -0.15) is 18.3 Å². The monoisotopic (exact) mass is 464 g/mol. The summed E-state index contributed by atoms with van der Waals surface area (Å²) in [6, 6.07) is 4.73. The normalized spacial score (nSPS) is 11.5. The second-order valence-electron chi connectivity index (χ2n) is 7.33. The van der Waals surface area contributed by atoms with Gasteiger partial charge in [0.2, 0.25) is 0 Å². The van der Waals surface area contributed by atoms with E-state index >= 15 is 0 Å². The van der Waals surface area contributed by atoms with Crippen LogP contribution < -0.4 is 22.3 Å². The predicted molar refractivity (Wildman–Crippen MR) is 116 cm³/mol. The lowest BCUT2D eigenvalue weighted by molar-refractivity contribution is -0.137. The molecule has 1 amide bonds. The van der Waals surface area contributed by atoms with E-state index in [0.717, 1.165) is 16.7 Å². The van der Waals surface area contributed by atoms with E-state index in [1.54, 1.807) is 13.8 Å². The third-order valence-electron chi connectivity index (χ3n) is 5.05. The van der Waals surface area contributed by atoms with E-state index in [0.29, 0.717) is 17.5 Å². The van der Waals surface area contributed by atoms with E-state index in [-0.39, 0.29) is 36.7 Å². The topological polar surface area (TPSA) is 128 Å². The molecule has 0 aliphatic rings. The summed E-state index contributed by atoms with van der Waals surface area (Å²) in [6.07, 6.45) is -2.60. The maximum absolute atomic E-state index is 13.0. The molecular weight excluding hydrogens is 441 g/mol. The number of benzene rings is 1. The zero-order valence-electron chi connectivity index (χ0n) is 18.0. The van der Waals surface area contributed by atoms with E-state index < -0.39 is 28.9 Å². The Bertz CT molecular complexity index is 1290. The van der Waals surface area contributed by atoms with Crippen molar-refractivity contribution in [3.05, 3.63) is 73.7 Å². The van der Waals surface area contributed by atoms with Crippen LogP contribution in [0.2, 0.25) is 0 Å². The number of nitrogen functional groups attached to an aromatic ring is 1. The lowest BCUT2D eigenvalue weighted by atomic mass is 10.0. The Hall–Kier alpha value is -3.83. The Labute approximate surface area is 186 Å². The minimum atomic E-state index is -4.50. The fourth-order valence-corrected chi connectivity index (χ4v) is 3.46. The second-order valence-corrected chi connectivity index (χ2v) is 7.33. The summed E-state index contributed by atoms with van der Waals surface area (Å²) < 4.78 is 41.2. The van der Waals surface area contributed by atoms with Crippen molar-refractivity contribution in [3.8, 4) is 0 Å². The molecule has 1 aromatic carbocycles. The number of carbonyl (C=O) groups excluding carboxylic acids is 1. The highest BCUT2D eigenvalue weighted by Gasteiger charge is 2.30. The number of rotatable bonds is 7. The van der Waals surface area contributed by atoms with Crippen LogP contribution >= 0.6 is 0 Å². The first-order valence-corrected chi connectivity index (χ1v) is 10.2. The van der Waals surface area contributed by atoms with Crippen LogP contribution in [0.25, 0.3) is 0 Å². The van der Waals surface area contributed by atoms with Crippen molar-refractivity contribution in [2.45, 2.75) is 46.0 Å². The molecule has 33 heavy (non-hydrogen) atoms. The molecule has 2 aromatic heterocycles. The number of alkyl halides is 3. The van der Waals surface area contributed by atoms with Crippen LogP contribution in [-0.4, -0.2) is 25.2 Å². The molecule has 0 aliphatic carbocycles. The van der Waals surface area contributed by atoms with Gasteiger partial charge in [-0.05, 0) is 25.0 Å². The highest BCUT2D eigenvalue weighted by molar-refractivity contribution is 6.05. The van der Waals surface area contributed by atoms with E-state index in [4.69, 9.17) is 5.73 Å². The van der Waals surface area contributed by atoms with Crippen LogP contribution in [0.4, 0.5) is 24.7 Å². The van der Waals surface area contributed by atoms with Crippen molar-refractivity contribution in [2.24, 2.45) is 0 Å². The largest absolute Gasteiger partial charge is 0.416 e. The van der Waals surface area contributed by atoms with Crippen molar-refractivity contribution >= 4 is 17.4 Å². The van der Waals surface area contributed by atoms with E-state index in [1.165, 1.54) is 22.9 Å². The maximum Gasteiger partial charge on any atom is 0.416 e. The van der Waals surface area contributed by atoms with Crippen LogP contribution in [0, 0.1) is 0 Å². The number of hydrogen-bond donors (Lipinski definition) is 3. The standard InChI is InChI=1S/C21H23F3N6O3/c1-3-8-30-19(32)16(17(25)29(4-2)20(30)33)27-18(31)15-13(11-26-28-15)9-12-6-5-7-14(10-12)21(22,23)24/h5-7,10-11H,3-4,8-9,25H2,1-2H3,(H,26,28)(H,27,31). The van der Waals surface area contributed by atoms with Crippen LogP contribution in [-0.2, 0) is 25.7 Å². The second kappa shape index (κ2) is 9.35. The van der Waals surface area contributed by atoms with Crippen molar-refractivity contribution in [1.29, 1.82) is 0 Å². The molecule has 0 aliphatic heterocycles. The first kappa shape index (κ1) is 23.8. The molecule has 12 heteroatoms. The Morgan fingerprint density at radius 1 is 1.21 bits per heavy atom. The van der Waals surface area contributed by atoms with Crippen LogP contribution in [0.3, 0.4) is 0 Å². The third-order valence-corrected chi connectivity index (χ3v) is 5.05. The number of nitrogens with one attached hydrogen (secondary N) is 2. The number of hydrogen-bond acceptors (Lipinski definition) is 5. The zero-order valence-corrected chi connectivity index (χ0v) is 18.0. The summed E-state index contributed by atoms with van der Waals surface area (Å²) in [6.45, 7) is 3.79. The van der Waals surface area contributed by atoms with Gasteiger partial charge in [-0.1, -0.05) is 25.1 Å². The Morgan fingerprint density at radius 2 is 1.94 bits per heavy atom. The number of amides is 1. The summed E-state index contributed by atoms with van der Waals surface area (Å²) in [5, 5.41) is 8.82. The number of nitrogens with zero attached hydrogens (tertiary/aromatic N) is 3. The molecule has 0 radical (unpaired) electrons. The third kappa shape index (κ3) is 4.83. The molecule has 3 aromatic rings. The van der Waals surface area contributed by atoms with Crippen molar-refractivity contribution in [3.63, 3.8) is 0 Å². The molecule has 3 rings (SSSR count). The van der Waals surface area contributed by atoms with Gasteiger partial charge in [0.05, 0.1) is 5.56 Å². The number of aromatic nitrogens is 4. The SMILES string of the molecule is CCCn1c(=O)c(NC(=O)c2n[nH]cc2Cc2cccc(C(F)(F)F)c2)c(N)n(CC)c1=O. The number of aromatic amines is 1. The summed E-state index contributed by atoms with van der Waals surface area (Å²) in [4.78, 5) is 38.2. The van der Waals surface area contributed by atoms with Crippen LogP contribution in [0.15, 0.2) is 40.1 Å². The molecule has 2 heterocycles. The highest BCUT2D eigenvalue weighted by Crippen LogP contribution is 2.30. The Balaban J connectivity index is 1.94. The number of anilines is 2. The van der Waals surface area contributed by atoms with Crippen LogP contribution in [0.1, 0.15) is 47.4 Å². The van der Waals surface area contributed by atoms with Crippen molar-refractivity contribution in [1.82, 2.24) is 19.3 Å². The summed E-state index contributed by atoms with van der Waals surface area (Å²) in [5.41, 5.74) is 4.13. The minimum Gasteiger partial charge on any atom is -0.383 e. The molecule has 0 saturated carbocycles. The average Bonchev–Trinajstić information content (AvgIpc) is 3.22. The van der Waals surface area contributed by atoms with Gasteiger partial charge in [-0.15, -0.1) is 0 Å². The van der Waals surface area contributed by atoms with Gasteiger partial charge < -0.3 is 11.1 Å². The van der Waals surface area contributed by atoms with E-state index in [9.17, 15) is 27.6 Å². The van der Waals surface area contributed by atoms with Crippen molar-refractivity contribution < 1.29 is 18.0 Å². The Morgan fingerprint density at radius 3 is 2.58 bits per heavy atom. The molecule has 0 fully saturated rings. The molecule has 0 spiro atoms. The molecule has 4 N–H and O–H groups in total. The van der Waals surface area contributed by atoms with Gasteiger partial charge in [-0.25, -0.2) is 4.79 Å². The summed E-state index contributed by atoms with van der Waals surface area (Å²) in [7, 11) is 0. The molecular formula is C21H23F3N6O3. The molecule has 9 nitrogen and oxygen atoms in total. The number of nitrogens with two attached hydrogens (primary N) is 1. The number of halogens is 3. The maximum atomic E-state index is 13.0. The molecule has 0 bridgehead atoms. The van der Waals surface area contributed by atoms with Gasteiger partial charge in [0.15, 0.2) is 5.69 Å². The minimum absolute atomic E-state index is 0.00677. The lowest BCUT2D eigenvalue weighted by Gasteiger charge is -2.15. The van der Waals surface area contributed by atoms with E-state index in [2.05, 4.69) is 15.5 Å². The number of carbonyl (C=O) groups is 1. The van der Waals surface area contributed by atoms with Gasteiger partial charge in [0.25, 0.3) is 11.5 Å². The van der Waals surface area contributed by atoms with Gasteiger partial charge in [0, 0.05) is 31.3 Å². The first-order valence-electron chi connectivity index (χ1n) is 10.2. The fourth-order valence-electron chi connectivity index (χ4n) is 3.46. The fraction of sp³-hybridized carbons (Fsp3) is 0.333. The zero-order chi connectivity index (χ0) is 24.3. The quantitative estimate of drug-likeness (QED) is 0.495. The van der Waals surface area contributed by atoms with Gasteiger partial charge in [-0.3, -0.25) is 23.8 Å². The highest BCUT2D eigenvalue weighted by atomic mass is 19.4. The molecule has 0 saturated heterocycles. The molecule has 0 atom stereocenters. The molecule has 0 unspecified atom stereocenters. The van der Waals surface area contributed by atoms with Gasteiger partial charge in [0.1, 0.15) is 11.5 Å². The smallest absolute Gasteiger partial charge is 0.383 e. The van der Waals surface area contributed by atoms with Gasteiger partial charge >= 0.3 is 11.9 Å². The number of H-pyrrole nitrogens is 1. The molecule has 176 valence electrons. The first-order chi connectivity index (χ1) is 15.6. The predicted octanol–water partition coefficient (Wildman–Crippen LogP) is 2.61. The van der Waals surface area contributed by atoms with Crippen molar-refractivity contribution in [2.75, 3.05) is 11.1 Å². The summed E-state index contributed by atoms with van der Waals surface area (Å²) >= 11 is 0. The van der Waals surface area contributed by atoms with E-state index in [1.807, 2.05) is 0 Å². The van der Waals surface area contributed by atoms with Crippen LogP contribution in [0.5, 0.6) is 0 Å².